The summed E-state index contributed by atoms with van der Waals surface area (Å²) in [5, 5.41) is 12.4. The molecule has 0 unspecified atom stereocenters. The number of aryl methyl sites for hydroxylation is 2. The van der Waals surface area contributed by atoms with Crippen molar-refractivity contribution in [3.63, 3.8) is 0 Å². The third-order valence-corrected chi connectivity index (χ3v) is 4.93. The van der Waals surface area contributed by atoms with Crippen LogP contribution in [-0.4, -0.2) is 44.6 Å². The minimum absolute atomic E-state index is 0.180. The van der Waals surface area contributed by atoms with Crippen molar-refractivity contribution in [3.05, 3.63) is 27.2 Å². The number of fused-ring (bicyclic) bond motifs is 1. The second-order valence-electron chi connectivity index (χ2n) is 6.03. The fourth-order valence-electron chi connectivity index (χ4n) is 2.58. The predicted octanol–water partition coefficient (Wildman–Crippen LogP) is 0.183. The van der Waals surface area contributed by atoms with E-state index in [1.165, 1.54) is 27.2 Å². The van der Waals surface area contributed by atoms with E-state index in [2.05, 4.69) is 20.5 Å². The highest BCUT2D eigenvalue weighted by Crippen LogP contribution is 2.18. The summed E-state index contributed by atoms with van der Waals surface area (Å²) >= 11 is 1.51. The lowest BCUT2D eigenvalue weighted by Gasteiger charge is -2.09. The van der Waals surface area contributed by atoms with E-state index in [1.807, 2.05) is 13.8 Å². The van der Waals surface area contributed by atoms with Gasteiger partial charge in [-0.05, 0) is 30.7 Å². The van der Waals surface area contributed by atoms with Gasteiger partial charge in [0.05, 0.1) is 12.4 Å². The largest absolute Gasteiger partial charge is 0.332 e. The number of aromatic nitrogens is 8. The third-order valence-electron chi connectivity index (χ3n) is 3.91. The number of tetrazole rings is 1. The van der Waals surface area contributed by atoms with Gasteiger partial charge >= 0.3 is 5.69 Å². The molecule has 11 heteroatoms. The van der Waals surface area contributed by atoms with Crippen LogP contribution in [0.2, 0.25) is 0 Å². The first kappa shape index (κ1) is 17.4. The third kappa shape index (κ3) is 3.11. The van der Waals surface area contributed by atoms with Crippen LogP contribution in [0.1, 0.15) is 26.3 Å². The second-order valence-corrected chi connectivity index (χ2v) is 7.09. The molecule has 0 aromatic carbocycles. The molecular formula is C14H20N8O2S. The normalized spacial score (nSPS) is 11.7. The highest BCUT2D eigenvalue weighted by molar-refractivity contribution is 7.99. The van der Waals surface area contributed by atoms with E-state index in [1.54, 1.807) is 23.3 Å². The molecule has 0 fully saturated rings. The standard InChI is InChI=1S/C14H20N8O2S/c1-9(2)22-13(16-17-18-22)25-7-5-6-21-12(23)10-11(15-8-19(10)3)20(4)14(21)24/h8-9H,5-7H2,1-4H3. The Balaban J connectivity index is 1.76. The van der Waals surface area contributed by atoms with Crippen molar-refractivity contribution in [1.29, 1.82) is 0 Å². The van der Waals surface area contributed by atoms with Crippen LogP contribution >= 0.6 is 11.8 Å². The maximum absolute atomic E-state index is 12.6. The zero-order chi connectivity index (χ0) is 18.1. The monoisotopic (exact) mass is 364 g/mol. The topological polar surface area (TPSA) is 105 Å². The number of hydrogen-bond donors (Lipinski definition) is 0. The molecule has 3 aromatic rings. The van der Waals surface area contributed by atoms with E-state index in [4.69, 9.17) is 0 Å². The second kappa shape index (κ2) is 6.82. The summed E-state index contributed by atoms with van der Waals surface area (Å²) in [5.41, 5.74) is 0.168. The minimum Gasteiger partial charge on any atom is -0.328 e. The Morgan fingerprint density at radius 3 is 2.72 bits per heavy atom. The van der Waals surface area contributed by atoms with E-state index in [0.29, 0.717) is 29.9 Å². The quantitative estimate of drug-likeness (QED) is 0.454. The highest BCUT2D eigenvalue weighted by atomic mass is 32.2. The maximum atomic E-state index is 12.6. The lowest BCUT2D eigenvalue weighted by Crippen LogP contribution is -2.39. The molecule has 3 aromatic heterocycles. The van der Waals surface area contributed by atoms with Gasteiger partial charge in [0, 0.05) is 26.4 Å². The van der Waals surface area contributed by atoms with Gasteiger partial charge in [0.25, 0.3) is 5.56 Å². The molecule has 134 valence electrons. The number of imidazole rings is 1. The van der Waals surface area contributed by atoms with Gasteiger partial charge in [0.15, 0.2) is 11.2 Å². The molecule has 0 aliphatic carbocycles. The Hall–Kier alpha value is -2.43. The minimum atomic E-state index is -0.354. The summed E-state index contributed by atoms with van der Waals surface area (Å²) in [6, 6.07) is 0.180. The fraction of sp³-hybridized carbons (Fsp3) is 0.571. The Morgan fingerprint density at radius 2 is 2.00 bits per heavy atom. The molecule has 0 saturated heterocycles. The summed E-state index contributed by atoms with van der Waals surface area (Å²) < 4.78 is 6.05. The molecule has 0 spiro atoms. The molecular weight excluding hydrogens is 344 g/mol. The van der Waals surface area contributed by atoms with Crippen molar-refractivity contribution < 1.29 is 0 Å². The van der Waals surface area contributed by atoms with Gasteiger partial charge in [-0.25, -0.2) is 14.5 Å². The van der Waals surface area contributed by atoms with Crippen molar-refractivity contribution >= 4 is 22.9 Å². The summed E-state index contributed by atoms with van der Waals surface area (Å²) in [6.07, 6.45) is 2.19. The van der Waals surface area contributed by atoms with E-state index in [0.717, 1.165) is 5.16 Å². The average molecular weight is 364 g/mol. The molecule has 3 rings (SSSR count). The molecule has 0 radical (unpaired) electrons. The van der Waals surface area contributed by atoms with E-state index >= 15 is 0 Å². The summed E-state index contributed by atoms with van der Waals surface area (Å²) in [5.74, 6) is 0.701. The molecule has 0 N–H and O–H groups in total. The first-order valence-corrected chi connectivity index (χ1v) is 8.92. The molecule has 0 aliphatic heterocycles. The van der Waals surface area contributed by atoms with Crippen molar-refractivity contribution in [1.82, 2.24) is 38.9 Å². The van der Waals surface area contributed by atoms with Crippen LogP contribution in [0.25, 0.3) is 11.2 Å². The molecule has 0 aliphatic rings. The summed E-state index contributed by atoms with van der Waals surface area (Å²) in [7, 11) is 3.37. The smallest absolute Gasteiger partial charge is 0.328 e. The van der Waals surface area contributed by atoms with Crippen LogP contribution in [0.3, 0.4) is 0 Å². The summed E-state index contributed by atoms with van der Waals surface area (Å²) in [4.78, 5) is 29.1. The number of thioether (sulfide) groups is 1. The Bertz CT molecular complexity index is 1010. The zero-order valence-corrected chi connectivity index (χ0v) is 15.4. The van der Waals surface area contributed by atoms with E-state index in [-0.39, 0.29) is 17.3 Å². The SMILES string of the molecule is CC(C)n1nnnc1SCCCn1c(=O)c2c(ncn2C)n(C)c1=O. The predicted molar refractivity (Wildman–Crippen MR) is 93.8 cm³/mol. The summed E-state index contributed by atoms with van der Waals surface area (Å²) in [6.45, 7) is 4.35. The number of hydrogen-bond acceptors (Lipinski definition) is 7. The van der Waals surface area contributed by atoms with Gasteiger partial charge in [0.1, 0.15) is 0 Å². The van der Waals surface area contributed by atoms with Crippen molar-refractivity contribution in [2.45, 2.75) is 38.0 Å². The van der Waals surface area contributed by atoms with Gasteiger partial charge in [-0.3, -0.25) is 13.9 Å². The number of nitrogens with zero attached hydrogens (tertiary/aromatic N) is 8. The first-order valence-electron chi connectivity index (χ1n) is 7.93. The van der Waals surface area contributed by atoms with Crippen LogP contribution < -0.4 is 11.2 Å². The van der Waals surface area contributed by atoms with E-state index in [9.17, 15) is 9.59 Å². The first-order chi connectivity index (χ1) is 11.9. The molecule has 10 nitrogen and oxygen atoms in total. The lowest BCUT2D eigenvalue weighted by molar-refractivity contribution is 0.477. The fourth-order valence-corrected chi connectivity index (χ4v) is 3.51. The maximum Gasteiger partial charge on any atom is 0.332 e. The van der Waals surface area contributed by atoms with Gasteiger partial charge in [-0.1, -0.05) is 11.8 Å². The molecule has 0 bridgehead atoms. The van der Waals surface area contributed by atoms with Gasteiger partial charge in [-0.15, -0.1) is 5.10 Å². The Labute approximate surface area is 147 Å². The van der Waals surface area contributed by atoms with Gasteiger partial charge < -0.3 is 4.57 Å². The van der Waals surface area contributed by atoms with Crippen LogP contribution in [-0.2, 0) is 20.6 Å². The van der Waals surface area contributed by atoms with Crippen molar-refractivity contribution in [3.8, 4) is 0 Å². The van der Waals surface area contributed by atoms with Crippen molar-refractivity contribution in [2.75, 3.05) is 5.75 Å². The van der Waals surface area contributed by atoms with Crippen molar-refractivity contribution in [2.24, 2.45) is 14.1 Å². The Kier molecular flexibility index (Phi) is 4.75. The molecule has 3 heterocycles. The lowest BCUT2D eigenvalue weighted by atomic mass is 10.4. The zero-order valence-electron chi connectivity index (χ0n) is 14.6. The molecule has 0 saturated carbocycles. The van der Waals surface area contributed by atoms with Crippen LogP contribution in [0.5, 0.6) is 0 Å². The van der Waals surface area contributed by atoms with Crippen LogP contribution in [0.15, 0.2) is 21.1 Å². The molecule has 25 heavy (non-hydrogen) atoms. The number of rotatable bonds is 6. The molecule has 0 amide bonds. The average Bonchev–Trinajstić information content (AvgIpc) is 3.19. The molecule has 0 atom stereocenters. The highest BCUT2D eigenvalue weighted by Gasteiger charge is 2.15. The van der Waals surface area contributed by atoms with Gasteiger partial charge in [-0.2, -0.15) is 0 Å². The van der Waals surface area contributed by atoms with Gasteiger partial charge in [0.2, 0.25) is 5.16 Å². The Morgan fingerprint density at radius 1 is 1.24 bits per heavy atom. The van der Waals surface area contributed by atoms with E-state index < -0.39 is 0 Å². The van der Waals surface area contributed by atoms with Crippen LogP contribution in [0, 0.1) is 0 Å². The van der Waals surface area contributed by atoms with Crippen LogP contribution in [0.4, 0.5) is 0 Å².